The highest BCUT2D eigenvalue weighted by Crippen LogP contribution is 2.32. The molecule has 104 valence electrons. The van der Waals surface area contributed by atoms with Gasteiger partial charge in [0.05, 0.1) is 6.61 Å². The highest BCUT2D eigenvalue weighted by molar-refractivity contribution is 9.10. The van der Waals surface area contributed by atoms with Gasteiger partial charge in [0.25, 0.3) is 0 Å². The summed E-state index contributed by atoms with van der Waals surface area (Å²) in [6.45, 7) is 3.17. The van der Waals surface area contributed by atoms with E-state index >= 15 is 0 Å². The molecule has 0 saturated carbocycles. The highest BCUT2D eigenvalue weighted by atomic mass is 79.9. The van der Waals surface area contributed by atoms with Crippen molar-refractivity contribution in [1.29, 1.82) is 0 Å². The number of halogens is 1. The Hall–Kier alpha value is -0.870. The first-order valence-corrected chi connectivity index (χ1v) is 7.67. The van der Waals surface area contributed by atoms with E-state index in [0.717, 1.165) is 30.3 Å². The zero-order chi connectivity index (χ0) is 13.7. The summed E-state index contributed by atoms with van der Waals surface area (Å²) >= 11 is 3.51. The van der Waals surface area contributed by atoms with Crippen molar-refractivity contribution in [1.82, 2.24) is 5.32 Å². The summed E-state index contributed by atoms with van der Waals surface area (Å²) in [5.41, 5.74) is 2.83. The zero-order valence-electron chi connectivity index (χ0n) is 11.2. The molecular formula is C15H20BrNO2. The van der Waals surface area contributed by atoms with E-state index in [0.29, 0.717) is 19.1 Å². The Balaban J connectivity index is 1.76. The summed E-state index contributed by atoms with van der Waals surface area (Å²) < 4.78 is 6.06. The van der Waals surface area contributed by atoms with Crippen LogP contribution in [0.4, 0.5) is 0 Å². The van der Waals surface area contributed by atoms with Gasteiger partial charge in [0.1, 0.15) is 0 Å². The molecule has 0 fully saturated rings. The molecule has 0 heterocycles. The molecule has 1 aromatic rings. The minimum atomic E-state index is -0.0972. The van der Waals surface area contributed by atoms with Crippen LogP contribution in [0.1, 0.15) is 43.4 Å². The molecular weight excluding hydrogens is 306 g/mol. The Bertz CT molecular complexity index is 448. The molecule has 1 N–H and O–H groups in total. The molecule has 1 aliphatic carbocycles. The number of rotatable bonds is 6. The summed E-state index contributed by atoms with van der Waals surface area (Å²) in [5.74, 6) is -0.0972. The van der Waals surface area contributed by atoms with Crippen molar-refractivity contribution < 1.29 is 9.53 Å². The van der Waals surface area contributed by atoms with Crippen molar-refractivity contribution in [2.24, 2.45) is 0 Å². The fourth-order valence-corrected chi connectivity index (χ4v) is 2.95. The van der Waals surface area contributed by atoms with Gasteiger partial charge in [-0.25, -0.2) is 0 Å². The molecule has 0 aromatic heterocycles. The molecule has 0 spiro atoms. The molecule has 0 radical (unpaired) electrons. The Morgan fingerprint density at radius 2 is 2.37 bits per heavy atom. The summed E-state index contributed by atoms with van der Waals surface area (Å²) in [6, 6.07) is 6.92. The first-order chi connectivity index (χ1) is 9.20. The van der Waals surface area contributed by atoms with Crippen LogP contribution in [0.5, 0.6) is 0 Å². The second kappa shape index (κ2) is 7.06. The number of esters is 1. The lowest BCUT2D eigenvalue weighted by atomic mass is 10.1. The first-order valence-electron chi connectivity index (χ1n) is 6.88. The third-order valence-corrected chi connectivity index (χ3v) is 3.93. The van der Waals surface area contributed by atoms with Gasteiger partial charge >= 0.3 is 5.97 Å². The van der Waals surface area contributed by atoms with E-state index in [-0.39, 0.29) is 5.97 Å². The van der Waals surface area contributed by atoms with Crippen LogP contribution in [0.2, 0.25) is 0 Å². The van der Waals surface area contributed by atoms with Crippen LogP contribution in [0.25, 0.3) is 0 Å². The molecule has 1 aromatic carbocycles. The van der Waals surface area contributed by atoms with E-state index in [4.69, 9.17) is 4.74 Å². The van der Waals surface area contributed by atoms with Gasteiger partial charge in [-0.15, -0.1) is 0 Å². The minimum absolute atomic E-state index is 0.0972. The number of hydrogen-bond acceptors (Lipinski definition) is 3. The fraction of sp³-hybridized carbons (Fsp3) is 0.533. The Kier molecular flexibility index (Phi) is 5.40. The van der Waals surface area contributed by atoms with Crippen molar-refractivity contribution in [3.05, 3.63) is 33.8 Å². The first kappa shape index (κ1) is 14.5. The van der Waals surface area contributed by atoms with Gasteiger partial charge in [0, 0.05) is 16.9 Å². The van der Waals surface area contributed by atoms with Crippen LogP contribution in [-0.4, -0.2) is 19.1 Å². The van der Waals surface area contributed by atoms with Crippen LogP contribution >= 0.6 is 15.9 Å². The summed E-state index contributed by atoms with van der Waals surface area (Å²) in [4.78, 5) is 11.2. The van der Waals surface area contributed by atoms with E-state index in [1.807, 2.05) is 6.92 Å². The number of benzene rings is 1. The number of ether oxygens (including phenoxy) is 1. The van der Waals surface area contributed by atoms with Gasteiger partial charge in [-0.05, 0) is 56.0 Å². The number of carbonyl (C=O) groups is 1. The predicted molar refractivity (Wildman–Crippen MR) is 79.1 cm³/mol. The maximum Gasteiger partial charge on any atom is 0.305 e. The molecule has 4 heteroatoms. The van der Waals surface area contributed by atoms with Gasteiger partial charge in [0.15, 0.2) is 0 Å². The average molecular weight is 326 g/mol. The normalized spacial score (nSPS) is 17.3. The van der Waals surface area contributed by atoms with Crippen molar-refractivity contribution >= 4 is 21.9 Å². The Labute approximate surface area is 122 Å². The standard InChI is InChI=1S/C15H20BrNO2/c1-2-19-15(18)4-3-9-17-14-8-5-11-10-12(16)6-7-13(11)14/h6-7,10,14,17H,2-5,8-9H2,1H3. The number of carbonyl (C=O) groups excluding carboxylic acids is 1. The zero-order valence-corrected chi connectivity index (χ0v) is 12.8. The average Bonchev–Trinajstić information content (AvgIpc) is 2.77. The van der Waals surface area contributed by atoms with Crippen LogP contribution in [-0.2, 0) is 16.0 Å². The van der Waals surface area contributed by atoms with Crippen LogP contribution in [0.15, 0.2) is 22.7 Å². The molecule has 19 heavy (non-hydrogen) atoms. The van der Waals surface area contributed by atoms with Gasteiger partial charge in [-0.3, -0.25) is 4.79 Å². The quantitative estimate of drug-likeness (QED) is 0.643. The molecule has 1 atom stereocenters. The fourth-order valence-electron chi connectivity index (χ4n) is 2.54. The molecule has 2 rings (SSSR count). The molecule has 1 unspecified atom stereocenters. The van der Waals surface area contributed by atoms with E-state index in [1.165, 1.54) is 11.1 Å². The smallest absolute Gasteiger partial charge is 0.305 e. The lowest BCUT2D eigenvalue weighted by Crippen LogP contribution is -2.21. The largest absolute Gasteiger partial charge is 0.466 e. The van der Waals surface area contributed by atoms with Gasteiger partial charge in [-0.1, -0.05) is 22.0 Å². The maximum atomic E-state index is 11.2. The number of fused-ring (bicyclic) bond motifs is 1. The topological polar surface area (TPSA) is 38.3 Å². The lowest BCUT2D eigenvalue weighted by Gasteiger charge is -2.13. The van der Waals surface area contributed by atoms with E-state index in [9.17, 15) is 4.79 Å². The third-order valence-electron chi connectivity index (χ3n) is 3.44. The van der Waals surface area contributed by atoms with Gasteiger partial charge < -0.3 is 10.1 Å². The predicted octanol–water partition coefficient (Wildman–Crippen LogP) is 3.37. The van der Waals surface area contributed by atoms with Gasteiger partial charge in [0.2, 0.25) is 0 Å². The SMILES string of the molecule is CCOC(=O)CCCNC1CCc2cc(Br)ccc21. The molecule has 0 bridgehead atoms. The van der Waals surface area contributed by atoms with Gasteiger partial charge in [-0.2, -0.15) is 0 Å². The van der Waals surface area contributed by atoms with Crippen molar-refractivity contribution in [3.63, 3.8) is 0 Å². The number of aryl methyl sites for hydroxylation is 1. The molecule has 0 aliphatic heterocycles. The van der Waals surface area contributed by atoms with E-state index in [1.54, 1.807) is 0 Å². The molecule has 1 aliphatic rings. The van der Waals surface area contributed by atoms with Crippen LogP contribution in [0.3, 0.4) is 0 Å². The molecule has 3 nitrogen and oxygen atoms in total. The van der Waals surface area contributed by atoms with E-state index < -0.39 is 0 Å². The second-order valence-electron chi connectivity index (χ2n) is 4.80. The maximum absolute atomic E-state index is 11.2. The number of nitrogens with one attached hydrogen (secondary N) is 1. The monoisotopic (exact) mass is 325 g/mol. The number of hydrogen-bond donors (Lipinski definition) is 1. The van der Waals surface area contributed by atoms with Crippen molar-refractivity contribution in [3.8, 4) is 0 Å². The minimum Gasteiger partial charge on any atom is -0.466 e. The summed E-state index contributed by atoms with van der Waals surface area (Å²) in [6.07, 6.45) is 3.61. The van der Waals surface area contributed by atoms with Crippen molar-refractivity contribution in [2.45, 2.75) is 38.6 Å². The Morgan fingerprint density at radius 1 is 1.53 bits per heavy atom. The Morgan fingerprint density at radius 3 is 3.16 bits per heavy atom. The summed E-state index contributed by atoms with van der Waals surface area (Å²) in [7, 11) is 0. The molecule has 0 amide bonds. The third kappa shape index (κ3) is 4.05. The highest BCUT2D eigenvalue weighted by Gasteiger charge is 2.21. The second-order valence-corrected chi connectivity index (χ2v) is 5.71. The van der Waals surface area contributed by atoms with E-state index in [2.05, 4.69) is 39.4 Å². The summed E-state index contributed by atoms with van der Waals surface area (Å²) in [5, 5.41) is 3.53. The molecule has 0 saturated heterocycles. The lowest BCUT2D eigenvalue weighted by molar-refractivity contribution is -0.143. The van der Waals surface area contributed by atoms with Crippen molar-refractivity contribution in [2.75, 3.05) is 13.2 Å². The van der Waals surface area contributed by atoms with Crippen LogP contribution < -0.4 is 5.32 Å². The van der Waals surface area contributed by atoms with Crippen LogP contribution in [0, 0.1) is 0 Å².